The number of carbonyl (C=O) groups excluding carboxylic acids is 1. The Hall–Kier alpha value is -5.02. The highest BCUT2D eigenvalue weighted by molar-refractivity contribution is 7.80. The van der Waals surface area contributed by atoms with Crippen molar-refractivity contribution < 1.29 is 9.53 Å². The number of nitrogens with zero attached hydrogens (tertiary/aromatic N) is 2. The SMILES string of the molecule is COc1cccc(NC(=S)NNC(=O)c2ccc(-n3c(-c4ccccc4)nc4ccccc4c3=O)cc2)c1. The Balaban J connectivity index is 1.36. The van der Waals surface area contributed by atoms with Crippen molar-refractivity contribution in [1.82, 2.24) is 20.4 Å². The highest BCUT2D eigenvalue weighted by Gasteiger charge is 2.15. The van der Waals surface area contributed by atoms with E-state index in [1.165, 1.54) is 0 Å². The van der Waals surface area contributed by atoms with Gasteiger partial charge in [-0.2, -0.15) is 0 Å². The number of fused-ring (bicyclic) bond motifs is 1. The van der Waals surface area contributed by atoms with Gasteiger partial charge in [0.25, 0.3) is 11.5 Å². The minimum absolute atomic E-state index is 0.192. The van der Waals surface area contributed by atoms with Crippen molar-refractivity contribution in [3.8, 4) is 22.8 Å². The van der Waals surface area contributed by atoms with Crippen LogP contribution >= 0.6 is 12.2 Å². The Morgan fingerprint density at radius 2 is 1.61 bits per heavy atom. The number of benzene rings is 4. The van der Waals surface area contributed by atoms with Gasteiger partial charge in [0.05, 0.1) is 23.7 Å². The van der Waals surface area contributed by atoms with E-state index in [0.29, 0.717) is 39.4 Å². The summed E-state index contributed by atoms with van der Waals surface area (Å²) in [6.45, 7) is 0. The molecule has 5 rings (SSSR count). The number of carbonyl (C=O) groups is 1. The van der Waals surface area contributed by atoms with Crippen LogP contribution in [0.25, 0.3) is 28.0 Å². The second kappa shape index (κ2) is 10.9. The van der Waals surface area contributed by atoms with Crippen LogP contribution in [-0.4, -0.2) is 27.7 Å². The van der Waals surface area contributed by atoms with Crippen LogP contribution < -0.4 is 26.5 Å². The fourth-order valence-corrected chi connectivity index (χ4v) is 4.13. The zero-order chi connectivity index (χ0) is 26.5. The van der Waals surface area contributed by atoms with Gasteiger partial charge in [0, 0.05) is 22.9 Å². The maximum atomic E-state index is 13.5. The largest absolute Gasteiger partial charge is 0.497 e. The zero-order valence-corrected chi connectivity index (χ0v) is 21.2. The average molecular weight is 522 g/mol. The maximum Gasteiger partial charge on any atom is 0.269 e. The molecule has 0 aliphatic rings. The molecule has 0 aliphatic carbocycles. The number of hydrogen-bond acceptors (Lipinski definition) is 5. The first kappa shape index (κ1) is 24.7. The Morgan fingerprint density at radius 1 is 0.868 bits per heavy atom. The van der Waals surface area contributed by atoms with Gasteiger partial charge in [-0.1, -0.05) is 48.5 Å². The molecule has 0 fully saturated rings. The van der Waals surface area contributed by atoms with Crippen LogP contribution in [0.1, 0.15) is 10.4 Å². The van der Waals surface area contributed by atoms with E-state index in [2.05, 4.69) is 16.2 Å². The minimum Gasteiger partial charge on any atom is -0.497 e. The summed E-state index contributed by atoms with van der Waals surface area (Å²) in [4.78, 5) is 31.0. The predicted molar refractivity (Wildman–Crippen MR) is 153 cm³/mol. The molecular formula is C29H23N5O3S. The number of para-hydroxylation sites is 1. The van der Waals surface area contributed by atoms with E-state index in [9.17, 15) is 9.59 Å². The summed E-state index contributed by atoms with van der Waals surface area (Å²) >= 11 is 5.26. The number of ether oxygens (including phenoxy) is 1. The molecule has 5 aromatic rings. The molecular weight excluding hydrogens is 498 g/mol. The summed E-state index contributed by atoms with van der Waals surface area (Å²) in [5.41, 5.74) is 8.18. The normalized spacial score (nSPS) is 10.6. The fraction of sp³-hybridized carbons (Fsp3) is 0.0345. The third kappa shape index (κ3) is 5.23. The number of rotatable bonds is 5. The van der Waals surface area contributed by atoms with Crippen LogP contribution in [0.2, 0.25) is 0 Å². The summed E-state index contributed by atoms with van der Waals surface area (Å²) in [7, 11) is 1.58. The van der Waals surface area contributed by atoms with Crippen LogP contribution in [0.3, 0.4) is 0 Å². The molecule has 1 heterocycles. The third-order valence-electron chi connectivity index (χ3n) is 5.81. The lowest BCUT2D eigenvalue weighted by molar-refractivity contribution is 0.0944. The van der Waals surface area contributed by atoms with Crippen LogP contribution in [0, 0.1) is 0 Å². The van der Waals surface area contributed by atoms with Gasteiger partial charge in [0.1, 0.15) is 11.6 Å². The lowest BCUT2D eigenvalue weighted by Crippen LogP contribution is -2.43. The first-order valence-electron chi connectivity index (χ1n) is 11.7. The quantitative estimate of drug-likeness (QED) is 0.228. The number of thiocarbonyl (C=S) groups is 1. The Kier molecular flexibility index (Phi) is 7.10. The Labute approximate surface area is 223 Å². The van der Waals surface area contributed by atoms with E-state index in [-0.39, 0.29) is 10.7 Å². The molecule has 9 heteroatoms. The summed E-state index contributed by atoms with van der Waals surface area (Å²) < 4.78 is 6.76. The van der Waals surface area contributed by atoms with Gasteiger partial charge in [0.2, 0.25) is 0 Å². The predicted octanol–water partition coefficient (Wildman–Crippen LogP) is 4.69. The molecule has 188 valence electrons. The lowest BCUT2D eigenvalue weighted by atomic mass is 10.1. The van der Waals surface area contributed by atoms with E-state index < -0.39 is 5.91 Å². The zero-order valence-electron chi connectivity index (χ0n) is 20.3. The highest BCUT2D eigenvalue weighted by atomic mass is 32.1. The van der Waals surface area contributed by atoms with Crippen molar-refractivity contribution in [2.24, 2.45) is 0 Å². The van der Waals surface area contributed by atoms with E-state index >= 15 is 0 Å². The Morgan fingerprint density at radius 3 is 2.37 bits per heavy atom. The molecule has 0 aliphatic heterocycles. The minimum atomic E-state index is -0.390. The summed E-state index contributed by atoms with van der Waals surface area (Å²) in [5.74, 6) is 0.804. The van der Waals surface area contributed by atoms with Gasteiger partial charge in [-0.05, 0) is 60.7 Å². The molecule has 8 nitrogen and oxygen atoms in total. The summed E-state index contributed by atoms with van der Waals surface area (Å²) in [5, 5.41) is 3.70. The topological polar surface area (TPSA) is 97.3 Å². The molecule has 0 unspecified atom stereocenters. The van der Waals surface area contributed by atoms with E-state index in [1.54, 1.807) is 48.1 Å². The van der Waals surface area contributed by atoms with Crippen LogP contribution in [-0.2, 0) is 0 Å². The molecule has 4 aromatic carbocycles. The van der Waals surface area contributed by atoms with Gasteiger partial charge < -0.3 is 10.1 Å². The number of aromatic nitrogens is 2. The van der Waals surface area contributed by atoms with Crippen molar-refractivity contribution >= 4 is 39.8 Å². The molecule has 0 saturated carbocycles. The molecule has 1 amide bonds. The maximum absolute atomic E-state index is 13.5. The van der Waals surface area contributed by atoms with Crippen molar-refractivity contribution in [3.63, 3.8) is 0 Å². The fourth-order valence-electron chi connectivity index (χ4n) is 3.96. The molecule has 38 heavy (non-hydrogen) atoms. The van der Waals surface area contributed by atoms with Gasteiger partial charge in [-0.25, -0.2) is 4.98 Å². The van der Waals surface area contributed by atoms with E-state index in [1.807, 2.05) is 66.7 Å². The molecule has 0 saturated heterocycles. The highest BCUT2D eigenvalue weighted by Crippen LogP contribution is 2.22. The van der Waals surface area contributed by atoms with Crippen molar-refractivity contribution in [1.29, 1.82) is 0 Å². The van der Waals surface area contributed by atoms with Crippen LogP contribution in [0.4, 0.5) is 5.69 Å². The monoisotopic (exact) mass is 521 g/mol. The third-order valence-corrected chi connectivity index (χ3v) is 6.02. The van der Waals surface area contributed by atoms with Gasteiger partial charge in [0.15, 0.2) is 5.11 Å². The van der Waals surface area contributed by atoms with Crippen molar-refractivity contribution in [2.75, 3.05) is 12.4 Å². The molecule has 1 aromatic heterocycles. The number of amides is 1. The van der Waals surface area contributed by atoms with Gasteiger partial charge >= 0.3 is 0 Å². The van der Waals surface area contributed by atoms with Crippen LogP contribution in [0.5, 0.6) is 5.75 Å². The second-order valence-corrected chi connectivity index (χ2v) is 8.68. The smallest absolute Gasteiger partial charge is 0.269 e. The van der Waals surface area contributed by atoms with Gasteiger partial charge in [-0.15, -0.1) is 0 Å². The Bertz CT molecular complexity index is 1690. The number of hydrogen-bond donors (Lipinski definition) is 3. The van der Waals surface area contributed by atoms with Crippen LogP contribution in [0.15, 0.2) is 108 Å². The molecule has 0 spiro atoms. The van der Waals surface area contributed by atoms with E-state index in [4.69, 9.17) is 21.9 Å². The average Bonchev–Trinajstić information content (AvgIpc) is 2.96. The molecule has 0 bridgehead atoms. The second-order valence-electron chi connectivity index (χ2n) is 8.27. The summed E-state index contributed by atoms with van der Waals surface area (Å²) in [6, 6.07) is 30.7. The van der Waals surface area contributed by atoms with E-state index in [0.717, 1.165) is 5.56 Å². The number of methoxy groups -OCH3 is 1. The standard InChI is InChI=1S/C29H23N5O3S/c1-37-23-11-7-10-21(18-23)30-29(38)33-32-27(35)20-14-16-22(17-15-20)34-26(19-8-3-2-4-9-19)31-25-13-6-5-12-24(25)28(34)36/h2-18H,1H3,(H,32,35)(H2,30,33,38). The molecule has 3 N–H and O–H groups in total. The molecule has 0 radical (unpaired) electrons. The number of nitrogens with one attached hydrogen (secondary N) is 3. The number of hydrazine groups is 1. The lowest BCUT2D eigenvalue weighted by Gasteiger charge is -2.15. The van der Waals surface area contributed by atoms with Crippen molar-refractivity contribution in [2.45, 2.75) is 0 Å². The summed E-state index contributed by atoms with van der Waals surface area (Å²) in [6.07, 6.45) is 0. The molecule has 0 atom stereocenters. The van der Waals surface area contributed by atoms with Gasteiger partial charge in [-0.3, -0.25) is 25.0 Å². The van der Waals surface area contributed by atoms with Crippen molar-refractivity contribution in [3.05, 3.63) is 119 Å². The first-order chi connectivity index (χ1) is 18.5. The number of anilines is 1. The first-order valence-corrected chi connectivity index (χ1v) is 12.1.